The molecule has 0 unspecified atom stereocenters. The number of fused-ring (bicyclic) bond motifs is 1. The first-order valence-electron chi connectivity index (χ1n) is 5.50. The van der Waals surface area contributed by atoms with Crippen LogP contribution in [0.15, 0.2) is 24.3 Å². The monoisotopic (exact) mass is 236 g/mol. The standard InChI is InChI=1S/C14H14ClF/c1-3-4-10-6-12-8-14(16)13(15)7-11(12)5-9(10)2/h5-8H,3-4H2,1-2H3. The highest BCUT2D eigenvalue weighted by molar-refractivity contribution is 6.31. The summed E-state index contributed by atoms with van der Waals surface area (Å²) >= 11 is 5.77. The van der Waals surface area contributed by atoms with E-state index in [1.54, 1.807) is 6.07 Å². The molecule has 0 fully saturated rings. The van der Waals surface area contributed by atoms with E-state index in [1.807, 2.05) is 0 Å². The molecule has 2 rings (SSSR count). The van der Waals surface area contributed by atoms with Gasteiger partial charge in [-0.25, -0.2) is 4.39 Å². The lowest BCUT2D eigenvalue weighted by Gasteiger charge is -2.08. The third kappa shape index (κ3) is 2.05. The second-order valence-corrected chi connectivity index (χ2v) is 4.55. The van der Waals surface area contributed by atoms with E-state index < -0.39 is 0 Å². The smallest absolute Gasteiger partial charge is 0.142 e. The van der Waals surface area contributed by atoms with E-state index in [4.69, 9.17) is 11.6 Å². The molecular weight excluding hydrogens is 223 g/mol. The molecule has 84 valence electrons. The summed E-state index contributed by atoms with van der Waals surface area (Å²) in [5.74, 6) is -0.347. The molecule has 2 aromatic rings. The largest absolute Gasteiger partial charge is 0.205 e. The van der Waals surface area contributed by atoms with Gasteiger partial charge in [-0.1, -0.05) is 37.1 Å². The van der Waals surface area contributed by atoms with E-state index in [0.29, 0.717) is 0 Å². The second-order valence-electron chi connectivity index (χ2n) is 4.14. The van der Waals surface area contributed by atoms with Crippen LogP contribution in [0, 0.1) is 12.7 Å². The average molecular weight is 237 g/mol. The molecule has 0 amide bonds. The summed E-state index contributed by atoms with van der Waals surface area (Å²) in [6.45, 7) is 4.23. The fourth-order valence-corrected chi connectivity index (χ4v) is 2.17. The highest BCUT2D eigenvalue weighted by Crippen LogP contribution is 2.26. The Hall–Kier alpha value is -1.08. The number of aryl methyl sites for hydroxylation is 2. The van der Waals surface area contributed by atoms with Gasteiger partial charge in [0.15, 0.2) is 0 Å². The van der Waals surface area contributed by atoms with Crippen LogP contribution in [-0.4, -0.2) is 0 Å². The van der Waals surface area contributed by atoms with E-state index in [1.165, 1.54) is 17.2 Å². The third-order valence-electron chi connectivity index (χ3n) is 2.85. The molecule has 0 atom stereocenters. The van der Waals surface area contributed by atoms with Crippen molar-refractivity contribution in [3.8, 4) is 0 Å². The summed E-state index contributed by atoms with van der Waals surface area (Å²) in [5.41, 5.74) is 2.54. The van der Waals surface area contributed by atoms with Gasteiger partial charge in [-0.3, -0.25) is 0 Å². The Morgan fingerprint density at radius 2 is 1.81 bits per heavy atom. The molecule has 0 heterocycles. The predicted molar refractivity (Wildman–Crippen MR) is 67.6 cm³/mol. The average Bonchev–Trinajstić information content (AvgIpc) is 2.23. The van der Waals surface area contributed by atoms with Gasteiger partial charge < -0.3 is 0 Å². The molecule has 0 aliphatic carbocycles. The van der Waals surface area contributed by atoms with Gasteiger partial charge in [-0.05, 0) is 47.4 Å². The molecular formula is C14H14ClF. The fourth-order valence-electron chi connectivity index (χ4n) is 1.99. The summed E-state index contributed by atoms with van der Waals surface area (Å²) in [4.78, 5) is 0. The van der Waals surface area contributed by atoms with Gasteiger partial charge in [-0.2, -0.15) is 0 Å². The van der Waals surface area contributed by atoms with Gasteiger partial charge in [-0.15, -0.1) is 0 Å². The Labute approximate surface area is 100 Å². The van der Waals surface area contributed by atoms with Gasteiger partial charge in [0, 0.05) is 0 Å². The van der Waals surface area contributed by atoms with Crippen LogP contribution in [0.2, 0.25) is 5.02 Å². The molecule has 0 nitrogen and oxygen atoms in total. The molecule has 0 N–H and O–H groups in total. The van der Waals surface area contributed by atoms with Gasteiger partial charge in [0.1, 0.15) is 5.82 Å². The van der Waals surface area contributed by atoms with Gasteiger partial charge in [0.05, 0.1) is 5.02 Å². The molecule has 0 saturated carbocycles. The Morgan fingerprint density at radius 3 is 2.50 bits per heavy atom. The molecule has 0 aliphatic heterocycles. The van der Waals surface area contributed by atoms with Gasteiger partial charge >= 0.3 is 0 Å². The molecule has 0 radical (unpaired) electrons. The van der Waals surface area contributed by atoms with Crippen molar-refractivity contribution in [3.63, 3.8) is 0 Å². The molecule has 0 spiro atoms. The Bertz CT molecular complexity index is 532. The number of benzene rings is 2. The van der Waals surface area contributed by atoms with E-state index in [-0.39, 0.29) is 10.8 Å². The zero-order valence-electron chi connectivity index (χ0n) is 9.48. The van der Waals surface area contributed by atoms with Crippen molar-refractivity contribution in [3.05, 3.63) is 46.2 Å². The molecule has 0 bridgehead atoms. The Morgan fingerprint density at radius 1 is 1.12 bits per heavy atom. The number of rotatable bonds is 2. The minimum Gasteiger partial charge on any atom is -0.205 e. The highest BCUT2D eigenvalue weighted by Gasteiger charge is 2.05. The van der Waals surface area contributed by atoms with Crippen LogP contribution in [0.5, 0.6) is 0 Å². The fraction of sp³-hybridized carbons (Fsp3) is 0.286. The highest BCUT2D eigenvalue weighted by atomic mass is 35.5. The quantitative estimate of drug-likeness (QED) is 0.696. The van der Waals surface area contributed by atoms with Crippen LogP contribution in [0.25, 0.3) is 10.8 Å². The van der Waals surface area contributed by atoms with Crippen LogP contribution in [0.3, 0.4) is 0 Å². The molecule has 2 aromatic carbocycles. The third-order valence-corrected chi connectivity index (χ3v) is 3.14. The topological polar surface area (TPSA) is 0 Å². The minimum absolute atomic E-state index is 0.190. The van der Waals surface area contributed by atoms with E-state index in [2.05, 4.69) is 26.0 Å². The Kier molecular flexibility index (Phi) is 3.15. The molecule has 0 aliphatic rings. The lowest BCUT2D eigenvalue weighted by molar-refractivity contribution is 0.630. The normalized spacial score (nSPS) is 11.0. The van der Waals surface area contributed by atoms with Crippen LogP contribution >= 0.6 is 11.6 Å². The first-order valence-corrected chi connectivity index (χ1v) is 5.88. The van der Waals surface area contributed by atoms with Crippen molar-refractivity contribution in [1.82, 2.24) is 0 Å². The van der Waals surface area contributed by atoms with Crippen molar-refractivity contribution >= 4 is 22.4 Å². The summed E-state index contributed by atoms with van der Waals surface area (Å²) < 4.78 is 13.3. The number of hydrogen-bond donors (Lipinski definition) is 0. The van der Waals surface area contributed by atoms with Crippen LogP contribution < -0.4 is 0 Å². The molecule has 0 aromatic heterocycles. The molecule has 16 heavy (non-hydrogen) atoms. The summed E-state index contributed by atoms with van der Waals surface area (Å²) in [5, 5.41) is 2.12. The van der Waals surface area contributed by atoms with Crippen LogP contribution in [0.1, 0.15) is 24.5 Å². The minimum atomic E-state index is -0.347. The first kappa shape index (κ1) is 11.4. The molecule has 2 heteroatoms. The lowest BCUT2D eigenvalue weighted by atomic mass is 9.99. The predicted octanol–water partition coefficient (Wildman–Crippen LogP) is 4.89. The summed E-state index contributed by atoms with van der Waals surface area (Å²) in [7, 11) is 0. The SMILES string of the molecule is CCCc1cc2cc(F)c(Cl)cc2cc1C. The maximum atomic E-state index is 13.3. The maximum absolute atomic E-state index is 13.3. The van der Waals surface area contributed by atoms with E-state index in [0.717, 1.165) is 23.6 Å². The summed E-state index contributed by atoms with van der Waals surface area (Å²) in [6, 6.07) is 7.34. The van der Waals surface area contributed by atoms with Gasteiger partial charge in [0.25, 0.3) is 0 Å². The van der Waals surface area contributed by atoms with E-state index >= 15 is 0 Å². The Balaban J connectivity index is 2.65. The van der Waals surface area contributed by atoms with Crippen molar-refractivity contribution in [1.29, 1.82) is 0 Å². The first-order chi connectivity index (χ1) is 7.61. The maximum Gasteiger partial charge on any atom is 0.142 e. The number of halogens is 2. The van der Waals surface area contributed by atoms with Gasteiger partial charge in [0.2, 0.25) is 0 Å². The van der Waals surface area contributed by atoms with Crippen molar-refractivity contribution in [2.45, 2.75) is 26.7 Å². The zero-order valence-corrected chi connectivity index (χ0v) is 10.2. The number of hydrogen-bond acceptors (Lipinski definition) is 0. The van der Waals surface area contributed by atoms with Crippen LogP contribution in [0.4, 0.5) is 4.39 Å². The lowest BCUT2D eigenvalue weighted by Crippen LogP contribution is -1.90. The molecule has 0 saturated heterocycles. The van der Waals surface area contributed by atoms with E-state index in [9.17, 15) is 4.39 Å². The van der Waals surface area contributed by atoms with Crippen LogP contribution in [-0.2, 0) is 6.42 Å². The van der Waals surface area contributed by atoms with Crippen molar-refractivity contribution in [2.75, 3.05) is 0 Å². The van der Waals surface area contributed by atoms with Crippen molar-refractivity contribution in [2.24, 2.45) is 0 Å². The van der Waals surface area contributed by atoms with Crippen molar-refractivity contribution < 1.29 is 4.39 Å². The second kappa shape index (κ2) is 4.42. The summed E-state index contributed by atoms with van der Waals surface area (Å²) in [6.07, 6.45) is 2.13. The zero-order chi connectivity index (χ0) is 11.7.